The Balaban J connectivity index is 1.65. The van der Waals surface area contributed by atoms with Gasteiger partial charge in [0.05, 0.1) is 22.7 Å². The zero-order valence-corrected chi connectivity index (χ0v) is 21.2. The van der Waals surface area contributed by atoms with Crippen molar-refractivity contribution >= 4 is 54.3 Å². The van der Waals surface area contributed by atoms with Gasteiger partial charge < -0.3 is 9.47 Å². The summed E-state index contributed by atoms with van der Waals surface area (Å²) in [6.45, 7) is 2.86. The summed E-state index contributed by atoms with van der Waals surface area (Å²) < 4.78 is 13.8. The van der Waals surface area contributed by atoms with Gasteiger partial charge in [0.15, 0.2) is 11.5 Å². The van der Waals surface area contributed by atoms with Crippen LogP contribution in [0.25, 0.3) is 22.4 Å². The Hall–Kier alpha value is -3.07. The number of fused-ring (bicyclic) bond motifs is 1. The molecule has 0 saturated heterocycles. The third kappa shape index (κ3) is 5.65. The normalized spacial score (nSPS) is 11.3. The van der Waals surface area contributed by atoms with E-state index >= 15 is 0 Å². The van der Waals surface area contributed by atoms with Crippen LogP contribution >= 0.6 is 31.9 Å². The van der Waals surface area contributed by atoms with Gasteiger partial charge in [-0.15, -0.1) is 0 Å². The number of hydrogen-bond acceptors (Lipinski definition) is 3. The summed E-state index contributed by atoms with van der Waals surface area (Å²) in [7, 11) is 0. The van der Waals surface area contributed by atoms with E-state index in [1.165, 1.54) is 0 Å². The Bertz CT molecular complexity index is 1350. The molecule has 4 aromatic rings. The van der Waals surface area contributed by atoms with Crippen LogP contribution in [0.1, 0.15) is 23.6 Å². The fourth-order valence-electron chi connectivity index (χ4n) is 3.51. The molecule has 4 rings (SSSR count). The molecule has 164 valence electrons. The first-order valence-corrected chi connectivity index (χ1v) is 12.1. The van der Waals surface area contributed by atoms with E-state index in [2.05, 4.69) is 50.1 Å². The topological polar surface area (TPSA) is 42.2 Å². The van der Waals surface area contributed by atoms with Crippen LogP contribution in [0.2, 0.25) is 0 Å². The number of ether oxygens (including phenoxy) is 2. The van der Waals surface area contributed by atoms with Crippen LogP contribution in [0.4, 0.5) is 0 Å². The fraction of sp³-hybridized carbons (Fsp3) is 0.107. The van der Waals surface area contributed by atoms with Gasteiger partial charge in [0, 0.05) is 4.47 Å². The zero-order valence-electron chi connectivity index (χ0n) is 18.0. The van der Waals surface area contributed by atoms with Crippen molar-refractivity contribution in [2.24, 2.45) is 0 Å². The molecule has 0 aliphatic heterocycles. The Morgan fingerprint density at radius 1 is 0.909 bits per heavy atom. The predicted molar refractivity (Wildman–Crippen MR) is 141 cm³/mol. The first-order valence-electron chi connectivity index (χ1n) is 10.5. The van der Waals surface area contributed by atoms with Gasteiger partial charge in [-0.05, 0) is 86.7 Å². The standard InChI is InChI=1S/C28H21Br2NO2/c1-2-32-27-15-20(14-26(30)28(27)33-18-19-7-11-25(29)12-8-19)13-24(17-31)23-10-9-21-5-3-4-6-22(21)16-23/h3-16H,2,18H2,1H3/b24-13-. The van der Waals surface area contributed by atoms with Crippen LogP contribution in [0.5, 0.6) is 11.5 Å². The molecule has 0 N–H and O–H groups in total. The lowest BCUT2D eigenvalue weighted by atomic mass is 10.00. The second-order valence-corrected chi connectivity index (χ2v) is 9.18. The van der Waals surface area contributed by atoms with Gasteiger partial charge in [0.1, 0.15) is 6.61 Å². The maximum absolute atomic E-state index is 9.85. The average molecular weight is 563 g/mol. The summed E-state index contributed by atoms with van der Waals surface area (Å²) in [4.78, 5) is 0. The van der Waals surface area contributed by atoms with Crippen molar-refractivity contribution in [3.05, 3.63) is 104 Å². The molecule has 0 heterocycles. The van der Waals surface area contributed by atoms with Crippen molar-refractivity contribution in [1.29, 1.82) is 5.26 Å². The van der Waals surface area contributed by atoms with Crippen LogP contribution in [0, 0.1) is 11.3 Å². The van der Waals surface area contributed by atoms with Gasteiger partial charge >= 0.3 is 0 Å². The van der Waals surface area contributed by atoms with E-state index in [1.807, 2.05) is 79.7 Å². The van der Waals surface area contributed by atoms with E-state index in [-0.39, 0.29) is 0 Å². The highest BCUT2D eigenvalue weighted by Crippen LogP contribution is 2.38. The van der Waals surface area contributed by atoms with E-state index in [9.17, 15) is 5.26 Å². The highest BCUT2D eigenvalue weighted by Gasteiger charge is 2.13. The lowest BCUT2D eigenvalue weighted by Gasteiger charge is -2.15. The van der Waals surface area contributed by atoms with E-state index < -0.39 is 0 Å². The SMILES string of the molecule is CCOc1cc(/C=C(/C#N)c2ccc3ccccc3c2)cc(Br)c1OCc1ccc(Br)cc1. The predicted octanol–water partition coefficient (Wildman–Crippen LogP) is 8.41. The number of rotatable bonds is 7. The lowest BCUT2D eigenvalue weighted by molar-refractivity contribution is 0.267. The maximum atomic E-state index is 9.85. The van der Waals surface area contributed by atoms with Crippen molar-refractivity contribution in [2.45, 2.75) is 13.5 Å². The van der Waals surface area contributed by atoms with Crippen LogP contribution < -0.4 is 9.47 Å². The summed E-state index contributed by atoms with van der Waals surface area (Å²) in [6, 6.07) is 28.4. The molecule has 0 aliphatic rings. The first-order chi connectivity index (χ1) is 16.1. The first kappa shape index (κ1) is 23.1. The molecular weight excluding hydrogens is 542 g/mol. The van der Waals surface area contributed by atoms with Crippen LogP contribution in [-0.2, 0) is 6.61 Å². The fourth-order valence-corrected chi connectivity index (χ4v) is 4.35. The van der Waals surface area contributed by atoms with Gasteiger partial charge in [-0.2, -0.15) is 5.26 Å². The Kier molecular flexibility index (Phi) is 7.49. The average Bonchev–Trinajstić information content (AvgIpc) is 2.83. The van der Waals surface area contributed by atoms with Crippen molar-refractivity contribution in [2.75, 3.05) is 6.61 Å². The molecule has 0 aromatic heterocycles. The van der Waals surface area contributed by atoms with Gasteiger partial charge in [-0.25, -0.2) is 0 Å². The minimum Gasteiger partial charge on any atom is -0.490 e. The number of nitriles is 1. The smallest absolute Gasteiger partial charge is 0.175 e. The van der Waals surface area contributed by atoms with E-state index in [0.29, 0.717) is 30.3 Å². The summed E-state index contributed by atoms with van der Waals surface area (Å²) in [5.74, 6) is 1.27. The monoisotopic (exact) mass is 561 g/mol. The van der Waals surface area contributed by atoms with Crippen molar-refractivity contribution in [3.63, 3.8) is 0 Å². The molecule has 33 heavy (non-hydrogen) atoms. The molecule has 5 heteroatoms. The quantitative estimate of drug-likeness (QED) is 0.168. The maximum Gasteiger partial charge on any atom is 0.175 e. The molecule has 0 atom stereocenters. The Morgan fingerprint density at radius 2 is 1.67 bits per heavy atom. The van der Waals surface area contributed by atoms with E-state index in [0.717, 1.165) is 36.4 Å². The molecule has 0 spiro atoms. The van der Waals surface area contributed by atoms with Crippen LogP contribution in [-0.4, -0.2) is 6.61 Å². The van der Waals surface area contributed by atoms with Gasteiger partial charge in [0.2, 0.25) is 0 Å². The number of allylic oxidation sites excluding steroid dienone is 1. The molecule has 0 bridgehead atoms. The third-order valence-electron chi connectivity index (χ3n) is 5.12. The Labute approximate surface area is 210 Å². The molecule has 0 unspecified atom stereocenters. The van der Waals surface area contributed by atoms with Gasteiger partial charge in [0.25, 0.3) is 0 Å². The number of hydrogen-bond donors (Lipinski definition) is 0. The molecule has 3 nitrogen and oxygen atoms in total. The Morgan fingerprint density at radius 3 is 2.39 bits per heavy atom. The second-order valence-electron chi connectivity index (χ2n) is 7.41. The highest BCUT2D eigenvalue weighted by molar-refractivity contribution is 9.10. The highest BCUT2D eigenvalue weighted by atomic mass is 79.9. The summed E-state index contributed by atoms with van der Waals surface area (Å²) in [5.41, 5.74) is 3.37. The second kappa shape index (κ2) is 10.7. The van der Waals surface area contributed by atoms with Crippen molar-refractivity contribution < 1.29 is 9.47 Å². The molecule has 0 aliphatic carbocycles. The largest absolute Gasteiger partial charge is 0.490 e. The molecule has 0 saturated carbocycles. The summed E-state index contributed by atoms with van der Waals surface area (Å²) >= 11 is 7.08. The summed E-state index contributed by atoms with van der Waals surface area (Å²) in [6.07, 6.45) is 1.87. The minimum atomic E-state index is 0.418. The number of benzene rings is 4. The van der Waals surface area contributed by atoms with Crippen molar-refractivity contribution in [3.8, 4) is 17.6 Å². The summed E-state index contributed by atoms with van der Waals surface area (Å²) in [5, 5.41) is 12.1. The molecule has 0 amide bonds. The van der Waals surface area contributed by atoms with Crippen LogP contribution in [0.3, 0.4) is 0 Å². The van der Waals surface area contributed by atoms with E-state index in [4.69, 9.17) is 9.47 Å². The van der Waals surface area contributed by atoms with Crippen molar-refractivity contribution in [1.82, 2.24) is 0 Å². The van der Waals surface area contributed by atoms with Crippen LogP contribution in [0.15, 0.2) is 87.8 Å². The third-order valence-corrected chi connectivity index (χ3v) is 6.24. The number of halogens is 2. The number of nitrogens with zero attached hydrogens (tertiary/aromatic N) is 1. The molecule has 4 aromatic carbocycles. The van der Waals surface area contributed by atoms with E-state index in [1.54, 1.807) is 0 Å². The zero-order chi connectivity index (χ0) is 23.2. The van der Waals surface area contributed by atoms with Gasteiger partial charge in [-0.3, -0.25) is 0 Å². The molecular formula is C28H21Br2NO2. The minimum absolute atomic E-state index is 0.418. The van der Waals surface area contributed by atoms with Gasteiger partial charge in [-0.1, -0.05) is 64.5 Å². The lowest BCUT2D eigenvalue weighted by Crippen LogP contribution is -2.01. The molecule has 0 fully saturated rings. The molecule has 0 radical (unpaired) electrons.